The standard InChI is InChI=1S/C26H20ClFN2O4S/c1-16-10-11-19(13-20(16)27)29-24(31)14-30-25(32)23(35-26(30)33)12-17-6-3-5-9-22(17)34-15-18-7-2-4-8-21(18)28/h2-13H,14-15H2,1H3,(H,29,31)/b23-12+. The number of amides is 3. The zero-order valence-electron chi connectivity index (χ0n) is 18.6. The van der Waals surface area contributed by atoms with E-state index in [1.165, 1.54) is 12.1 Å². The number of halogens is 2. The molecule has 3 amide bonds. The van der Waals surface area contributed by atoms with E-state index in [4.69, 9.17) is 16.3 Å². The molecule has 178 valence electrons. The average molecular weight is 511 g/mol. The summed E-state index contributed by atoms with van der Waals surface area (Å²) >= 11 is 6.81. The van der Waals surface area contributed by atoms with E-state index < -0.39 is 23.6 Å². The van der Waals surface area contributed by atoms with Crippen molar-refractivity contribution in [1.29, 1.82) is 0 Å². The number of carbonyl (C=O) groups excluding carboxylic acids is 3. The molecule has 0 atom stereocenters. The molecule has 0 aliphatic carbocycles. The third kappa shape index (κ3) is 5.90. The quantitative estimate of drug-likeness (QED) is 0.392. The maximum absolute atomic E-state index is 13.9. The van der Waals surface area contributed by atoms with Crippen molar-refractivity contribution in [2.45, 2.75) is 13.5 Å². The second kappa shape index (κ2) is 10.8. The molecule has 3 aromatic rings. The summed E-state index contributed by atoms with van der Waals surface area (Å²) in [6, 6.07) is 18.2. The maximum atomic E-state index is 13.9. The van der Waals surface area contributed by atoms with Crippen molar-refractivity contribution in [2.24, 2.45) is 0 Å². The van der Waals surface area contributed by atoms with Gasteiger partial charge in [0, 0.05) is 21.8 Å². The molecule has 0 radical (unpaired) electrons. The molecule has 6 nitrogen and oxygen atoms in total. The van der Waals surface area contributed by atoms with Crippen molar-refractivity contribution in [3.8, 4) is 5.75 Å². The summed E-state index contributed by atoms with van der Waals surface area (Å²) in [4.78, 5) is 38.8. The molecule has 0 bridgehead atoms. The summed E-state index contributed by atoms with van der Waals surface area (Å²) in [6.45, 7) is 1.41. The Hall–Kier alpha value is -3.62. The summed E-state index contributed by atoms with van der Waals surface area (Å²) in [5.41, 5.74) is 2.27. The Balaban J connectivity index is 1.45. The fourth-order valence-corrected chi connectivity index (χ4v) is 4.30. The Morgan fingerprint density at radius 1 is 1.11 bits per heavy atom. The Kier molecular flexibility index (Phi) is 7.53. The van der Waals surface area contributed by atoms with Gasteiger partial charge in [-0.2, -0.15) is 0 Å². The lowest BCUT2D eigenvalue weighted by molar-refractivity contribution is -0.127. The first-order valence-electron chi connectivity index (χ1n) is 10.6. The minimum Gasteiger partial charge on any atom is -0.488 e. The third-order valence-corrected chi connectivity index (χ3v) is 6.49. The molecule has 0 unspecified atom stereocenters. The van der Waals surface area contributed by atoms with Crippen LogP contribution in [-0.2, 0) is 16.2 Å². The molecule has 4 rings (SSSR count). The minimum absolute atomic E-state index is 0.00219. The van der Waals surface area contributed by atoms with Gasteiger partial charge in [-0.3, -0.25) is 19.3 Å². The number of aryl methyl sites for hydroxylation is 1. The number of carbonyl (C=O) groups is 3. The Labute approximate surface area is 210 Å². The highest BCUT2D eigenvalue weighted by Gasteiger charge is 2.36. The number of thioether (sulfide) groups is 1. The van der Waals surface area contributed by atoms with Gasteiger partial charge in [0.1, 0.15) is 24.7 Å². The van der Waals surface area contributed by atoms with Crippen LogP contribution in [0.4, 0.5) is 14.9 Å². The number of nitrogens with one attached hydrogen (secondary N) is 1. The highest BCUT2D eigenvalue weighted by atomic mass is 35.5. The normalized spacial score (nSPS) is 14.5. The van der Waals surface area contributed by atoms with Crippen molar-refractivity contribution in [3.63, 3.8) is 0 Å². The van der Waals surface area contributed by atoms with Gasteiger partial charge in [-0.05, 0) is 54.6 Å². The van der Waals surface area contributed by atoms with Gasteiger partial charge < -0.3 is 10.1 Å². The SMILES string of the molecule is Cc1ccc(NC(=O)CN2C(=O)S/C(=C/c3ccccc3OCc3ccccc3F)C2=O)cc1Cl. The van der Waals surface area contributed by atoms with E-state index in [-0.39, 0.29) is 17.3 Å². The number of ether oxygens (including phenoxy) is 1. The largest absolute Gasteiger partial charge is 0.488 e. The molecule has 0 saturated carbocycles. The molecule has 0 spiro atoms. The van der Waals surface area contributed by atoms with Gasteiger partial charge in [0.15, 0.2) is 0 Å². The second-order valence-electron chi connectivity index (χ2n) is 7.70. The lowest BCUT2D eigenvalue weighted by atomic mass is 10.1. The van der Waals surface area contributed by atoms with Crippen molar-refractivity contribution < 1.29 is 23.5 Å². The highest BCUT2D eigenvalue weighted by molar-refractivity contribution is 8.18. The van der Waals surface area contributed by atoms with Crippen LogP contribution in [0, 0.1) is 12.7 Å². The lowest BCUT2D eigenvalue weighted by Crippen LogP contribution is -2.36. The molecule has 1 fully saturated rings. The van der Waals surface area contributed by atoms with E-state index in [0.29, 0.717) is 27.6 Å². The van der Waals surface area contributed by atoms with Crippen LogP contribution in [0.3, 0.4) is 0 Å². The maximum Gasteiger partial charge on any atom is 0.294 e. The van der Waals surface area contributed by atoms with Gasteiger partial charge in [-0.15, -0.1) is 0 Å². The zero-order chi connectivity index (χ0) is 24.9. The van der Waals surface area contributed by atoms with Crippen LogP contribution in [0.1, 0.15) is 16.7 Å². The monoisotopic (exact) mass is 510 g/mol. The van der Waals surface area contributed by atoms with E-state index >= 15 is 0 Å². The molecule has 1 aliphatic heterocycles. The average Bonchev–Trinajstić information content (AvgIpc) is 3.09. The Bertz CT molecular complexity index is 1340. The number of hydrogen-bond acceptors (Lipinski definition) is 5. The van der Waals surface area contributed by atoms with Crippen LogP contribution >= 0.6 is 23.4 Å². The first kappa shape index (κ1) is 24.5. The molecule has 1 heterocycles. The van der Waals surface area contributed by atoms with E-state index in [2.05, 4.69) is 5.32 Å². The first-order chi connectivity index (χ1) is 16.8. The third-order valence-electron chi connectivity index (χ3n) is 5.18. The smallest absolute Gasteiger partial charge is 0.294 e. The zero-order valence-corrected chi connectivity index (χ0v) is 20.2. The van der Waals surface area contributed by atoms with Crippen molar-refractivity contribution >= 4 is 52.2 Å². The lowest BCUT2D eigenvalue weighted by Gasteiger charge is -2.13. The molecule has 0 aromatic heterocycles. The van der Waals surface area contributed by atoms with Crippen molar-refractivity contribution in [1.82, 2.24) is 4.90 Å². The molecule has 1 aliphatic rings. The minimum atomic E-state index is -0.582. The molecule has 1 saturated heterocycles. The summed E-state index contributed by atoms with van der Waals surface area (Å²) in [7, 11) is 0. The van der Waals surface area contributed by atoms with Gasteiger partial charge in [-0.25, -0.2) is 4.39 Å². The van der Waals surface area contributed by atoms with Gasteiger partial charge in [0.25, 0.3) is 11.1 Å². The summed E-state index contributed by atoms with van der Waals surface area (Å²) in [5.74, 6) is -1.06. The van der Waals surface area contributed by atoms with Crippen LogP contribution in [0.25, 0.3) is 6.08 Å². The Morgan fingerprint density at radius 2 is 1.86 bits per heavy atom. The molecular formula is C26H20ClFN2O4S. The number of para-hydroxylation sites is 1. The predicted molar refractivity (Wildman–Crippen MR) is 135 cm³/mol. The van der Waals surface area contributed by atoms with Crippen molar-refractivity contribution in [3.05, 3.63) is 99.2 Å². The van der Waals surface area contributed by atoms with Crippen LogP contribution in [0.2, 0.25) is 5.02 Å². The van der Waals surface area contributed by atoms with Crippen LogP contribution in [0.15, 0.2) is 71.6 Å². The number of nitrogens with zero attached hydrogens (tertiary/aromatic N) is 1. The van der Waals surface area contributed by atoms with Gasteiger partial charge in [0.05, 0.1) is 4.91 Å². The number of anilines is 1. The number of rotatable bonds is 7. The summed E-state index contributed by atoms with van der Waals surface area (Å²) < 4.78 is 19.7. The van der Waals surface area contributed by atoms with Crippen molar-refractivity contribution in [2.75, 3.05) is 11.9 Å². The molecule has 3 aromatic carbocycles. The molecule has 35 heavy (non-hydrogen) atoms. The predicted octanol–water partition coefficient (Wildman–Crippen LogP) is 6.04. The van der Waals surface area contributed by atoms with E-state index in [0.717, 1.165) is 22.2 Å². The Morgan fingerprint density at radius 3 is 2.63 bits per heavy atom. The fourth-order valence-electron chi connectivity index (χ4n) is 3.29. The van der Waals surface area contributed by atoms with Gasteiger partial charge >= 0.3 is 0 Å². The number of imide groups is 1. The number of benzene rings is 3. The van der Waals surface area contributed by atoms with E-state index in [1.54, 1.807) is 60.7 Å². The van der Waals surface area contributed by atoms with Gasteiger partial charge in [0.2, 0.25) is 5.91 Å². The van der Waals surface area contributed by atoms with Crippen LogP contribution < -0.4 is 10.1 Å². The molecule has 9 heteroatoms. The second-order valence-corrected chi connectivity index (χ2v) is 9.10. The molecule has 1 N–H and O–H groups in total. The first-order valence-corrected chi connectivity index (χ1v) is 11.8. The number of hydrogen-bond donors (Lipinski definition) is 1. The van der Waals surface area contributed by atoms with E-state index in [9.17, 15) is 18.8 Å². The van der Waals surface area contributed by atoms with Gasteiger partial charge in [-0.1, -0.05) is 54.1 Å². The fraction of sp³-hybridized carbons (Fsp3) is 0.115. The molecular weight excluding hydrogens is 491 g/mol. The van der Waals surface area contributed by atoms with Crippen LogP contribution in [0.5, 0.6) is 5.75 Å². The summed E-state index contributed by atoms with van der Waals surface area (Å²) in [5, 5.41) is 2.58. The van der Waals surface area contributed by atoms with E-state index in [1.807, 2.05) is 6.92 Å². The van der Waals surface area contributed by atoms with Crippen LogP contribution in [-0.4, -0.2) is 28.5 Å². The summed E-state index contributed by atoms with van der Waals surface area (Å²) in [6.07, 6.45) is 1.53. The topological polar surface area (TPSA) is 75.7 Å². The highest BCUT2D eigenvalue weighted by Crippen LogP contribution is 2.34.